The maximum atomic E-state index is 5.64. The molecule has 2 heteroatoms. The Morgan fingerprint density at radius 1 is 1.38 bits per heavy atom. The van der Waals surface area contributed by atoms with Gasteiger partial charge in [0.15, 0.2) is 0 Å². The van der Waals surface area contributed by atoms with Gasteiger partial charge in [0.2, 0.25) is 0 Å². The van der Waals surface area contributed by atoms with E-state index in [-0.39, 0.29) is 0 Å². The molecule has 1 saturated heterocycles. The highest BCUT2D eigenvalue weighted by molar-refractivity contribution is 5.30. The Morgan fingerprint density at radius 3 is 2.81 bits per heavy atom. The standard InChI is InChI=1S/C14H22N2/c1-11-5-3-4-6-14(11)13-9-12(2)16(10-13)8-7-15/h3-6,12-13H,7-10,15H2,1-2H3. The number of nitrogens with two attached hydrogens (primary N) is 1. The lowest BCUT2D eigenvalue weighted by Gasteiger charge is -2.19. The fourth-order valence-electron chi connectivity index (χ4n) is 2.85. The number of aryl methyl sites for hydroxylation is 1. The van der Waals surface area contributed by atoms with Crippen molar-refractivity contribution in [3.8, 4) is 0 Å². The van der Waals surface area contributed by atoms with Crippen LogP contribution >= 0.6 is 0 Å². The van der Waals surface area contributed by atoms with Gasteiger partial charge < -0.3 is 5.73 Å². The predicted molar refractivity (Wildman–Crippen MR) is 68.6 cm³/mol. The van der Waals surface area contributed by atoms with Crippen LogP contribution in [0.3, 0.4) is 0 Å². The molecule has 1 heterocycles. The molecule has 1 fully saturated rings. The highest BCUT2D eigenvalue weighted by Crippen LogP contribution is 2.32. The fourth-order valence-corrected chi connectivity index (χ4v) is 2.85. The van der Waals surface area contributed by atoms with Crippen molar-refractivity contribution in [3.05, 3.63) is 35.4 Å². The molecule has 1 aliphatic rings. The van der Waals surface area contributed by atoms with Gasteiger partial charge in [-0.1, -0.05) is 24.3 Å². The van der Waals surface area contributed by atoms with E-state index in [0.717, 1.165) is 13.1 Å². The number of benzene rings is 1. The Hall–Kier alpha value is -0.860. The summed E-state index contributed by atoms with van der Waals surface area (Å²) in [6, 6.07) is 9.44. The smallest absolute Gasteiger partial charge is 0.0108 e. The van der Waals surface area contributed by atoms with Crippen LogP contribution in [-0.4, -0.2) is 30.6 Å². The predicted octanol–water partition coefficient (Wildman–Crippen LogP) is 2.13. The van der Waals surface area contributed by atoms with Gasteiger partial charge >= 0.3 is 0 Å². The van der Waals surface area contributed by atoms with Gasteiger partial charge in [-0.2, -0.15) is 0 Å². The number of hydrogen-bond donors (Lipinski definition) is 1. The molecule has 2 rings (SSSR count). The molecule has 0 amide bonds. The van der Waals surface area contributed by atoms with Crippen molar-refractivity contribution in [2.75, 3.05) is 19.6 Å². The first-order valence-corrected chi connectivity index (χ1v) is 6.22. The molecule has 88 valence electrons. The third-order valence-corrected chi connectivity index (χ3v) is 3.75. The zero-order valence-corrected chi connectivity index (χ0v) is 10.3. The topological polar surface area (TPSA) is 29.3 Å². The van der Waals surface area contributed by atoms with E-state index in [1.54, 1.807) is 0 Å². The van der Waals surface area contributed by atoms with Crippen LogP contribution in [0.4, 0.5) is 0 Å². The molecule has 1 aromatic rings. The number of nitrogens with zero attached hydrogens (tertiary/aromatic N) is 1. The fraction of sp³-hybridized carbons (Fsp3) is 0.571. The molecule has 16 heavy (non-hydrogen) atoms. The third-order valence-electron chi connectivity index (χ3n) is 3.75. The second-order valence-corrected chi connectivity index (χ2v) is 4.92. The van der Waals surface area contributed by atoms with E-state index in [1.165, 1.54) is 24.1 Å². The average Bonchev–Trinajstić information content (AvgIpc) is 2.61. The lowest BCUT2D eigenvalue weighted by Crippen LogP contribution is -2.32. The number of likely N-dealkylation sites (tertiary alicyclic amines) is 1. The van der Waals surface area contributed by atoms with E-state index in [0.29, 0.717) is 12.0 Å². The lowest BCUT2D eigenvalue weighted by atomic mass is 9.93. The molecule has 2 N–H and O–H groups in total. The van der Waals surface area contributed by atoms with Gasteiger partial charge in [0.1, 0.15) is 0 Å². The van der Waals surface area contributed by atoms with Gasteiger partial charge in [-0.05, 0) is 37.3 Å². The van der Waals surface area contributed by atoms with Crippen molar-refractivity contribution in [3.63, 3.8) is 0 Å². The van der Waals surface area contributed by atoms with E-state index < -0.39 is 0 Å². The van der Waals surface area contributed by atoms with Crippen molar-refractivity contribution in [2.45, 2.75) is 32.2 Å². The first-order chi connectivity index (χ1) is 7.72. The van der Waals surface area contributed by atoms with Gasteiger partial charge in [-0.3, -0.25) is 4.90 Å². The van der Waals surface area contributed by atoms with Crippen molar-refractivity contribution in [1.82, 2.24) is 4.90 Å². The minimum atomic E-state index is 0.674. The quantitative estimate of drug-likeness (QED) is 0.842. The van der Waals surface area contributed by atoms with Gasteiger partial charge in [0.25, 0.3) is 0 Å². The highest BCUT2D eigenvalue weighted by Gasteiger charge is 2.29. The van der Waals surface area contributed by atoms with Crippen LogP contribution in [0.2, 0.25) is 0 Å². The summed E-state index contributed by atoms with van der Waals surface area (Å²) < 4.78 is 0. The monoisotopic (exact) mass is 218 g/mol. The van der Waals surface area contributed by atoms with Gasteiger partial charge in [0, 0.05) is 25.7 Å². The summed E-state index contributed by atoms with van der Waals surface area (Å²) in [5, 5.41) is 0. The van der Waals surface area contributed by atoms with Gasteiger partial charge in [-0.15, -0.1) is 0 Å². The van der Waals surface area contributed by atoms with Crippen LogP contribution in [-0.2, 0) is 0 Å². The first kappa shape index (κ1) is 11.6. The summed E-state index contributed by atoms with van der Waals surface area (Å²) >= 11 is 0. The van der Waals surface area contributed by atoms with Crippen LogP contribution in [0.25, 0.3) is 0 Å². The molecule has 1 aliphatic heterocycles. The summed E-state index contributed by atoms with van der Waals surface area (Å²) in [6.45, 7) is 7.50. The molecule has 2 unspecified atom stereocenters. The molecule has 0 radical (unpaired) electrons. The molecular weight excluding hydrogens is 196 g/mol. The SMILES string of the molecule is Cc1ccccc1C1CC(C)N(CCN)C1. The Kier molecular flexibility index (Phi) is 3.62. The summed E-state index contributed by atoms with van der Waals surface area (Å²) in [6.07, 6.45) is 1.27. The molecule has 0 aromatic heterocycles. The van der Waals surface area contributed by atoms with Crippen LogP contribution in [0.5, 0.6) is 0 Å². The summed E-state index contributed by atoms with van der Waals surface area (Å²) in [4.78, 5) is 2.51. The van der Waals surface area contributed by atoms with E-state index in [4.69, 9.17) is 5.73 Å². The lowest BCUT2D eigenvalue weighted by molar-refractivity contribution is 0.275. The molecule has 0 aliphatic carbocycles. The Labute approximate surface area is 98.4 Å². The maximum absolute atomic E-state index is 5.64. The minimum Gasteiger partial charge on any atom is -0.329 e. The average molecular weight is 218 g/mol. The van der Waals surface area contributed by atoms with Crippen molar-refractivity contribution in [1.29, 1.82) is 0 Å². The second kappa shape index (κ2) is 4.98. The summed E-state index contributed by atoms with van der Waals surface area (Å²) in [5.74, 6) is 0.697. The van der Waals surface area contributed by atoms with Gasteiger partial charge in [-0.25, -0.2) is 0 Å². The van der Waals surface area contributed by atoms with E-state index in [2.05, 4.69) is 43.0 Å². The highest BCUT2D eigenvalue weighted by atomic mass is 15.2. The minimum absolute atomic E-state index is 0.674. The Balaban J connectivity index is 2.11. The van der Waals surface area contributed by atoms with Crippen LogP contribution in [0.15, 0.2) is 24.3 Å². The van der Waals surface area contributed by atoms with Crippen molar-refractivity contribution in [2.24, 2.45) is 5.73 Å². The van der Waals surface area contributed by atoms with Crippen molar-refractivity contribution >= 4 is 0 Å². The normalized spacial score (nSPS) is 26.2. The first-order valence-electron chi connectivity index (χ1n) is 6.22. The number of rotatable bonds is 3. The molecule has 0 bridgehead atoms. The summed E-state index contributed by atoms with van der Waals surface area (Å²) in [5.41, 5.74) is 8.59. The molecule has 0 spiro atoms. The zero-order valence-electron chi connectivity index (χ0n) is 10.3. The molecule has 2 nitrogen and oxygen atoms in total. The molecule has 0 saturated carbocycles. The van der Waals surface area contributed by atoms with E-state index in [1.807, 2.05) is 0 Å². The van der Waals surface area contributed by atoms with Crippen LogP contribution in [0.1, 0.15) is 30.4 Å². The Bertz CT molecular complexity index is 348. The van der Waals surface area contributed by atoms with E-state index >= 15 is 0 Å². The maximum Gasteiger partial charge on any atom is 0.0108 e. The van der Waals surface area contributed by atoms with Crippen LogP contribution in [0, 0.1) is 6.92 Å². The van der Waals surface area contributed by atoms with E-state index in [9.17, 15) is 0 Å². The zero-order chi connectivity index (χ0) is 11.5. The molecule has 1 aromatic carbocycles. The number of hydrogen-bond acceptors (Lipinski definition) is 2. The van der Waals surface area contributed by atoms with Gasteiger partial charge in [0.05, 0.1) is 0 Å². The van der Waals surface area contributed by atoms with Crippen LogP contribution < -0.4 is 5.73 Å². The third kappa shape index (κ3) is 2.28. The Morgan fingerprint density at radius 2 is 2.12 bits per heavy atom. The summed E-state index contributed by atoms with van der Waals surface area (Å²) in [7, 11) is 0. The molecule has 2 atom stereocenters. The molecular formula is C14H22N2. The largest absolute Gasteiger partial charge is 0.329 e. The second-order valence-electron chi connectivity index (χ2n) is 4.92. The van der Waals surface area contributed by atoms with Crippen molar-refractivity contribution < 1.29 is 0 Å².